The van der Waals surface area contributed by atoms with Crippen LogP contribution < -0.4 is 10.6 Å². The molecule has 32 heavy (non-hydrogen) atoms. The molecular weight excluding hydrogens is 428 g/mol. The lowest BCUT2D eigenvalue weighted by molar-refractivity contribution is -0.140. The standard InChI is InChI=1S/C24H23ClN4O3/c1-14(30)22(24(31)32)26-16-11-12-18-20(13-16)29(2)28-23(18)27-19-10-6-9-17(21(19)25)15-7-4-3-5-8-15/h3-14,22,26,30H,1-2H3,(H,27,28)(H,31,32). The number of nitrogens with zero attached hydrogens (tertiary/aromatic N) is 2. The number of anilines is 3. The first-order valence-corrected chi connectivity index (χ1v) is 10.5. The number of aliphatic hydroxyl groups excluding tert-OH is 1. The molecule has 0 amide bonds. The number of carboxylic acids is 1. The monoisotopic (exact) mass is 450 g/mol. The highest BCUT2D eigenvalue weighted by Gasteiger charge is 2.23. The number of aryl methyl sites for hydroxylation is 1. The highest BCUT2D eigenvalue weighted by Crippen LogP contribution is 2.36. The van der Waals surface area contributed by atoms with Gasteiger partial charge in [-0.1, -0.05) is 54.1 Å². The molecule has 0 bridgehead atoms. The third-order valence-corrected chi connectivity index (χ3v) is 5.67. The van der Waals surface area contributed by atoms with Crippen molar-refractivity contribution in [2.45, 2.75) is 19.1 Å². The van der Waals surface area contributed by atoms with Crippen molar-refractivity contribution in [3.8, 4) is 11.1 Å². The van der Waals surface area contributed by atoms with Crippen LogP contribution in [0.5, 0.6) is 0 Å². The Balaban J connectivity index is 1.66. The van der Waals surface area contributed by atoms with Crippen LogP contribution in [0.2, 0.25) is 5.02 Å². The van der Waals surface area contributed by atoms with Gasteiger partial charge in [0.1, 0.15) is 0 Å². The molecular formula is C24H23ClN4O3. The molecule has 0 aliphatic carbocycles. The van der Waals surface area contributed by atoms with Gasteiger partial charge in [0.15, 0.2) is 11.9 Å². The molecule has 0 spiro atoms. The van der Waals surface area contributed by atoms with Crippen LogP contribution in [-0.2, 0) is 11.8 Å². The second-order valence-electron chi connectivity index (χ2n) is 7.56. The van der Waals surface area contributed by atoms with Crippen molar-refractivity contribution in [2.75, 3.05) is 10.6 Å². The average Bonchev–Trinajstić information content (AvgIpc) is 3.08. The second-order valence-corrected chi connectivity index (χ2v) is 7.94. The molecule has 1 heterocycles. The van der Waals surface area contributed by atoms with Gasteiger partial charge in [-0.2, -0.15) is 5.10 Å². The summed E-state index contributed by atoms with van der Waals surface area (Å²) in [5.74, 6) is -0.494. The second kappa shape index (κ2) is 8.90. The lowest BCUT2D eigenvalue weighted by Gasteiger charge is -2.18. The quantitative estimate of drug-likeness (QED) is 0.320. The molecule has 1 aromatic heterocycles. The van der Waals surface area contributed by atoms with Crippen molar-refractivity contribution in [1.29, 1.82) is 0 Å². The minimum atomic E-state index is -1.12. The summed E-state index contributed by atoms with van der Waals surface area (Å²) >= 11 is 6.71. The van der Waals surface area contributed by atoms with Crippen LogP contribution in [0.15, 0.2) is 66.7 Å². The fraction of sp³-hybridized carbons (Fsp3) is 0.167. The first kappa shape index (κ1) is 21.7. The van der Waals surface area contributed by atoms with E-state index < -0.39 is 18.1 Å². The molecule has 164 valence electrons. The number of fused-ring (bicyclic) bond motifs is 1. The van der Waals surface area contributed by atoms with Crippen LogP contribution in [0.1, 0.15) is 6.92 Å². The number of nitrogens with one attached hydrogen (secondary N) is 2. The predicted octanol–water partition coefficient (Wildman–Crippen LogP) is 4.88. The maximum Gasteiger partial charge on any atom is 0.328 e. The summed E-state index contributed by atoms with van der Waals surface area (Å²) in [6.45, 7) is 1.43. The lowest BCUT2D eigenvalue weighted by atomic mass is 10.1. The van der Waals surface area contributed by atoms with Crippen molar-refractivity contribution in [2.24, 2.45) is 7.05 Å². The Bertz CT molecular complexity index is 1270. The fourth-order valence-corrected chi connectivity index (χ4v) is 3.89. The normalized spacial score (nSPS) is 13.0. The molecule has 2 unspecified atom stereocenters. The van der Waals surface area contributed by atoms with Crippen LogP contribution in [0.25, 0.3) is 22.0 Å². The Morgan fingerprint density at radius 3 is 2.53 bits per heavy atom. The minimum absolute atomic E-state index is 0.574. The van der Waals surface area contributed by atoms with Crippen molar-refractivity contribution >= 4 is 45.7 Å². The van der Waals surface area contributed by atoms with Gasteiger partial charge in [-0.25, -0.2) is 4.79 Å². The molecule has 0 aliphatic rings. The molecule has 3 aromatic carbocycles. The van der Waals surface area contributed by atoms with E-state index in [0.29, 0.717) is 16.5 Å². The first-order valence-electron chi connectivity index (χ1n) is 10.1. The molecule has 2 atom stereocenters. The highest BCUT2D eigenvalue weighted by molar-refractivity contribution is 6.36. The molecule has 0 saturated carbocycles. The van der Waals surface area contributed by atoms with Crippen LogP contribution in [-0.4, -0.2) is 38.1 Å². The topological polar surface area (TPSA) is 99.4 Å². The Morgan fingerprint density at radius 2 is 1.84 bits per heavy atom. The number of aromatic nitrogens is 2. The summed E-state index contributed by atoms with van der Waals surface area (Å²) in [6.07, 6.45) is -1.05. The Morgan fingerprint density at radius 1 is 1.09 bits per heavy atom. The highest BCUT2D eigenvalue weighted by atomic mass is 35.5. The summed E-state index contributed by atoms with van der Waals surface area (Å²) in [7, 11) is 1.81. The first-order chi connectivity index (χ1) is 15.3. The van der Waals surface area contributed by atoms with E-state index in [0.717, 1.165) is 27.7 Å². The van der Waals surface area contributed by atoms with E-state index >= 15 is 0 Å². The number of hydrogen-bond acceptors (Lipinski definition) is 5. The summed E-state index contributed by atoms with van der Waals surface area (Å²) in [5, 5.41) is 31.2. The van der Waals surface area contributed by atoms with Gasteiger partial charge in [0, 0.05) is 23.7 Å². The van der Waals surface area contributed by atoms with Crippen LogP contribution in [0.4, 0.5) is 17.2 Å². The number of halogens is 1. The molecule has 4 rings (SSSR count). The molecule has 4 N–H and O–H groups in total. The summed E-state index contributed by atoms with van der Waals surface area (Å²) in [4.78, 5) is 11.4. The van der Waals surface area contributed by atoms with Crippen molar-refractivity contribution in [3.63, 3.8) is 0 Å². The Labute approximate surface area is 190 Å². The molecule has 0 radical (unpaired) electrons. The molecule has 7 nitrogen and oxygen atoms in total. The predicted molar refractivity (Wildman–Crippen MR) is 128 cm³/mol. The largest absolute Gasteiger partial charge is 0.480 e. The van der Waals surface area contributed by atoms with E-state index in [2.05, 4.69) is 15.7 Å². The van der Waals surface area contributed by atoms with E-state index in [9.17, 15) is 15.0 Å². The number of hydrogen-bond donors (Lipinski definition) is 4. The summed E-state index contributed by atoms with van der Waals surface area (Å²) < 4.78 is 1.70. The number of aliphatic carboxylic acids is 1. The molecule has 0 fully saturated rings. The Hall–Kier alpha value is -3.55. The van der Waals surface area contributed by atoms with Crippen LogP contribution in [0.3, 0.4) is 0 Å². The summed E-state index contributed by atoms with van der Waals surface area (Å²) in [6, 6.07) is 20.0. The number of carbonyl (C=O) groups is 1. The van der Waals surface area contributed by atoms with E-state index in [4.69, 9.17) is 11.6 Å². The van der Waals surface area contributed by atoms with E-state index in [-0.39, 0.29) is 0 Å². The van der Waals surface area contributed by atoms with Gasteiger partial charge in [-0.3, -0.25) is 4.68 Å². The number of aliphatic hydroxyl groups is 1. The lowest BCUT2D eigenvalue weighted by Crippen LogP contribution is -2.38. The molecule has 4 aromatic rings. The Kier molecular flexibility index (Phi) is 6.03. The molecule has 0 aliphatic heterocycles. The number of benzene rings is 3. The van der Waals surface area contributed by atoms with Gasteiger partial charge >= 0.3 is 5.97 Å². The van der Waals surface area contributed by atoms with E-state index in [1.807, 2.05) is 61.6 Å². The maximum atomic E-state index is 11.4. The van der Waals surface area contributed by atoms with Crippen LogP contribution >= 0.6 is 11.6 Å². The zero-order valence-electron chi connectivity index (χ0n) is 17.6. The maximum absolute atomic E-state index is 11.4. The van der Waals surface area contributed by atoms with Crippen molar-refractivity contribution in [3.05, 3.63) is 71.8 Å². The summed E-state index contributed by atoms with van der Waals surface area (Å²) in [5.41, 5.74) is 4.04. The van der Waals surface area contributed by atoms with Gasteiger partial charge in [0.2, 0.25) is 0 Å². The van der Waals surface area contributed by atoms with Gasteiger partial charge in [0.05, 0.1) is 22.3 Å². The van der Waals surface area contributed by atoms with Gasteiger partial charge in [0.25, 0.3) is 0 Å². The molecule has 8 heteroatoms. The van der Waals surface area contributed by atoms with E-state index in [1.54, 1.807) is 16.8 Å². The third kappa shape index (κ3) is 4.26. The van der Waals surface area contributed by atoms with Crippen molar-refractivity contribution < 1.29 is 15.0 Å². The van der Waals surface area contributed by atoms with Crippen molar-refractivity contribution in [1.82, 2.24) is 9.78 Å². The van der Waals surface area contributed by atoms with E-state index in [1.165, 1.54) is 6.92 Å². The molecule has 0 saturated heterocycles. The van der Waals surface area contributed by atoms with Gasteiger partial charge in [-0.15, -0.1) is 0 Å². The van der Waals surface area contributed by atoms with Crippen LogP contribution in [0, 0.1) is 0 Å². The van der Waals surface area contributed by atoms with Gasteiger partial charge < -0.3 is 20.8 Å². The smallest absolute Gasteiger partial charge is 0.328 e. The zero-order valence-corrected chi connectivity index (χ0v) is 18.3. The van der Waals surface area contributed by atoms with Gasteiger partial charge in [-0.05, 0) is 36.8 Å². The number of rotatable bonds is 7. The third-order valence-electron chi connectivity index (χ3n) is 5.26. The average molecular weight is 451 g/mol. The minimum Gasteiger partial charge on any atom is -0.480 e. The zero-order chi connectivity index (χ0) is 22.8. The SMILES string of the molecule is CC(O)C(Nc1ccc2c(Nc3cccc(-c4ccccc4)c3Cl)nn(C)c2c1)C(=O)O. The fourth-order valence-electron chi connectivity index (χ4n) is 3.60. The number of carboxylic acid groups (broad SMARTS) is 1.